The van der Waals surface area contributed by atoms with Crippen LogP contribution < -0.4 is 5.32 Å². The molecule has 0 saturated carbocycles. The Balaban J connectivity index is 2.36. The fraction of sp³-hybridized carbons (Fsp3) is 0.583. The highest BCUT2D eigenvalue weighted by atomic mass is 16.5. The summed E-state index contributed by atoms with van der Waals surface area (Å²) in [5.74, 6) is 0.0533. The van der Waals surface area contributed by atoms with Crippen molar-refractivity contribution in [2.75, 3.05) is 13.7 Å². The van der Waals surface area contributed by atoms with Crippen LogP contribution in [0.4, 0.5) is 0 Å². The van der Waals surface area contributed by atoms with Crippen LogP contribution in [0.1, 0.15) is 19.5 Å². The summed E-state index contributed by atoms with van der Waals surface area (Å²) in [5, 5.41) is 3.25. The van der Waals surface area contributed by atoms with Crippen molar-refractivity contribution in [2.45, 2.75) is 20.4 Å². The zero-order chi connectivity index (χ0) is 12.0. The molecule has 0 radical (unpaired) electrons. The first-order valence-corrected chi connectivity index (χ1v) is 5.56. The van der Waals surface area contributed by atoms with Gasteiger partial charge < -0.3 is 15.0 Å². The molecule has 1 unspecified atom stereocenters. The van der Waals surface area contributed by atoms with E-state index in [-0.39, 0.29) is 17.8 Å². The highest BCUT2D eigenvalue weighted by Crippen LogP contribution is 2.11. The van der Waals surface area contributed by atoms with Gasteiger partial charge in [-0.25, -0.2) is 0 Å². The molecule has 16 heavy (non-hydrogen) atoms. The second-order valence-corrected chi connectivity index (χ2v) is 4.20. The minimum atomic E-state index is -0.144. The normalized spacial score (nSPS) is 12.8. The van der Waals surface area contributed by atoms with Crippen LogP contribution in [0.25, 0.3) is 0 Å². The number of hydrogen-bond donors (Lipinski definition) is 2. The van der Waals surface area contributed by atoms with Crippen LogP contribution >= 0.6 is 0 Å². The highest BCUT2D eigenvalue weighted by molar-refractivity contribution is 5.72. The zero-order valence-electron chi connectivity index (χ0n) is 10.1. The summed E-state index contributed by atoms with van der Waals surface area (Å²) in [7, 11) is 1.43. The molecular weight excluding hydrogens is 204 g/mol. The number of aromatic nitrogens is 1. The van der Waals surface area contributed by atoms with Gasteiger partial charge in [0, 0.05) is 25.0 Å². The number of esters is 1. The molecule has 1 heterocycles. The standard InChI is InChI=1S/C12H20N2O2/c1-9(2)11(12(15)16-3)8-13-7-10-5-4-6-14-10/h4-6,9,11,13-14H,7-8H2,1-3H3. The number of H-pyrrole nitrogens is 1. The van der Waals surface area contributed by atoms with Crippen LogP contribution in [0.2, 0.25) is 0 Å². The van der Waals surface area contributed by atoms with Crippen LogP contribution in [0.5, 0.6) is 0 Å². The van der Waals surface area contributed by atoms with Crippen molar-refractivity contribution in [3.63, 3.8) is 0 Å². The van der Waals surface area contributed by atoms with Crippen LogP contribution in [-0.4, -0.2) is 24.6 Å². The Morgan fingerprint density at radius 3 is 2.81 bits per heavy atom. The number of hydrogen-bond acceptors (Lipinski definition) is 3. The van der Waals surface area contributed by atoms with Crippen molar-refractivity contribution in [2.24, 2.45) is 11.8 Å². The summed E-state index contributed by atoms with van der Waals surface area (Å²) >= 11 is 0. The van der Waals surface area contributed by atoms with Crippen LogP contribution in [-0.2, 0) is 16.1 Å². The Morgan fingerprint density at radius 2 is 2.31 bits per heavy atom. The average molecular weight is 224 g/mol. The van der Waals surface area contributed by atoms with Crippen molar-refractivity contribution in [3.05, 3.63) is 24.0 Å². The maximum atomic E-state index is 11.5. The molecular formula is C12H20N2O2. The lowest BCUT2D eigenvalue weighted by Gasteiger charge is -2.18. The molecule has 2 N–H and O–H groups in total. The molecule has 0 aliphatic heterocycles. The topological polar surface area (TPSA) is 54.1 Å². The van der Waals surface area contributed by atoms with E-state index < -0.39 is 0 Å². The Morgan fingerprint density at radius 1 is 1.56 bits per heavy atom. The highest BCUT2D eigenvalue weighted by Gasteiger charge is 2.22. The van der Waals surface area contributed by atoms with Gasteiger partial charge in [0.25, 0.3) is 0 Å². The van der Waals surface area contributed by atoms with E-state index >= 15 is 0 Å². The molecule has 1 aromatic heterocycles. The Labute approximate surface area is 96.4 Å². The van der Waals surface area contributed by atoms with Gasteiger partial charge in [-0.05, 0) is 18.1 Å². The molecule has 0 aliphatic carbocycles. The second kappa shape index (κ2) is 6.33. The van der Waals surface area contributed by atoms with Crippen molar-refractivity contribution < 1.29 is 9.53 Å². The van der Waals surface area contributed by atoms with Crippen molar-refractivity contribution in [1.29, 1.82) is 0 Å². The lowest BCUT2D eigenvalue weighted by molar-refractivity contribution is -0.146. The molecule has 0 fully saturated rings. The Kier molecular flexibility index (Phi) is 5.05. The molecule has 1 atom stereocenters. The third kappa shape index (κ3) is 3.70. The monoisotopic (exact) mass is 224 g/mol. The van der Waals surface area contributed by atoms with E-state index in [1.807, 2.05) is 32.2 Å². The smallest absolute Gasteiger partial charge is 0.310 e. The molecule has 4 nitrogen and oxygen atoms in total. The summed E-state index contributed by atoms with van der Waals surface area (Å²) in [6.07, 6.45) is 1.89. The van der Waals surface area contributed by atoms with Gasteiger partial charge >= 0.3 is 5.97 Å². The number of carbonyl (C=O) groups excluding carboxylic acids is 1. The molecule has 0 bridgehead atoms. The van der Waals surface area contributed by atoms with Gasteiger partial charge in [-0.2, -0.15) is 0 Å². The number of aromatic amines is 1. The molecule has 1 rings (SSSR count). The quantitative estimate of drug-likeness (QED) is 0.721. The van der Waals surface area contributed by atoms with E-state index in [0.717, 1.165) is 12.2 Å². The van der Waals surface area contributed by atoms with Crippen molar-refractivity contribution >= 4 is 5.97 Å². The molecule has 4 heteroatoms. The average Bonchev–Trinajstić information content (AvgIpc) is 2.75. The Bertz CT molecular complexity index is 307. The summed E-state index contributed by atoms with van der Waals surface area (Å²) in [6.45, 7) is 5.44. The predicted molar refractivity (Wildman–Crippen MR) is 62.8 cm³/mol. The third-order valence-electron chi connectivity index (χ3n) is 2.65. The van der Waals surface area contributed by atoms with E-state index in [9.17, 15) is 4.79 Å². The first-order chi connectivity index (χ1) is 7.65. The van der Waals surface area contributed by atoms with Gasteiger partial charge in [-0.1, -0.05) is 13.8 Å². The summed E-state index contributed by atoms with van der Waals surface area (Å²) in [5.41, 5.74) is 1.12. The van der Waals surface area contributed by atoms with Gasteiger partial charge in [0.1, 0.15) is 0 Å². The van der Waals surface area contributed by atoms with Gasteiger partial charge in [-0.3, -0.25) is 4.79 Å². The number of ether oxygens (including phenoxy) is 1. The molecule has 0 aromatic carbocycles. The predicted octanol–water partition coefficient (Wildman–Crippen LogP) is 1.55. The number of carbonyl (C=O) groups is 1. The fourth-order valence-corrected chi connectivity index (χ4v) is 1.58. The molecule has 0 aliphatic rings. The van der Waals surface area contributed by atoms with E-state index in [2.05, 4.69) is 10.3 Å². The summed E-state index contributed by atoms with van der Waals surface area (Å²) in [6, 6.07) is 3.97. The van der Waals surface area contributed by atoms with Crippen molar-refractivity contribution in [1.82, 2.24) is 10.3 Å². The summed E-state index contributed by atoms with van der Waals surface area (Å²) in [4.78, 5) is 14.6. The molecule has 0 amide bonds. The van der Waals surface area contributed by atoms with E-state index in [0.29, 0.717) is 6.54 Å². The van der Waals surface area contributed by atoms with E-state index in [4.69, 9.17) is 4.74 Å². The maximum Gasteiger partial charge on any atom is 0.310 e. The molecule has 0 saturated heterocycles. The molecule has 90 valence electrons. The molecule has 1 aromatic rings. The van der Waals surface area contributed by atoms with Gasteiger partial charge in [0.2, 0.25) is 0 Å². The minimum Gasteiger partial charge on any atom is -0.469 e. The van der Waals surface area contributed by atoms with Gasteiger partial charge in [0.05, 0.1) is 13.0 Å². The van der Waals surface area contributed by atoms with Gasteiger partial charge in [-0.15, -0.1) is 0 Å². The summed E-state index contributed by atoms with van der Waals surface area (Å²) < 4.78 is 4.77. The van der Waals surface area contributed by atoms with E-state index in [1.165, 1.54) is 7.11 Å². The van der Waals surface area contributed by atoms with Crippen molar-refractivity contribution in [3.8, 4) is 0 Å². The van der Waals surface area contributed by atoms with Crippen LogP contribution in [0.3, 0.4) is 0 Å². The number of rotatable bonds is 6. The largest absolute Gasteiger partial charge is 0.469 e. The van der Waals surface area contributed by atoms with E-state index in [1.54, 1.807) is 0 Å². The zero-order valence-corrected chi connectivity index (χ0v) is 10.1. The SMILES string of the molecule is COC(=O)C(CNCc1ccc[nH]1)C(C)C. The Hall–Kier alpha value is -1.29. The lowest BCUT2D eigenvalue weighted by Crippen LogP contribution is -2.32. The first-order valence-electron chi connectivity index (χ1n) is 5.56. The number of nitrogens with one attached hydrogen (secondary N) is 2. The lowest BCUT2D eigenvalue weighted by atomic mass is 9.96. The number of methoxy groups -OCH3 is 1. The van der Waals surface area contributed by atoms with Gasteiger partial charge in [0.15, 0.2) is 0 Å². The maximum absolute atomic E-state index is 11.5. The third-order valence-corrected chi connectivity index (χ3v) is 2.65. The van der Waals surface area contributed by atoms with Crippen LogP contribution in [0, 0.1) is 11.8 Å². The minimum absolute atomic E-state index is 0.0834. The van der Waals surface area contributed by atoms with Crippen LogP contribution in [0.15, 0.2) is 18.3 Å². The second-order valence-electron chi connectivity index (χ2n) is 4.20. The fourth-order valence-electron chi connectivity index (χ4n) is 1.58. The molecule has 0 spiro atoms. The first kappa shape index (κ1) is 12.8.